The normalized spacial score (nSPS) is 10.1. The summed E-state index contributed by atoms with van der Waals surface area (Å²) in [6, 6.07) is 10.5. The van der Waals surface area contributed by atoms with E-state index in [2.05, 4.69) is 5.32 Å². The zero-order valence-electron chi connectivity index (χ0n) is 10.2. The van der Waals surface area contributed by atoms with Crippen molar-refractivity contribution < 1.29 is 14.0 Å². The molecule has 0 aliphatic rings. The molecule has 0 aliphatic heterocycles. The number of anilines is 1. The molecule has 0 spiro atoms. The van der Waals surface area contributed by atoms with Gasteiger partial charge in [-0.2, -0.15) is 0 Å². The van der Waals surface area contributed by atoms with Gasteiger partial charge in [0.15, 0.2) is 0 Å². The van der Waals surface area contributed by atoms with Gasteiger partial charge in [0.05, 0.1) is 11.3 Å². The molecule has 3 N–H and O–H groups in total. The van der Waals surface area contributed by atoms with Gasteiger partial charge in [-0.15, -0.1) is 0 Å². The molecule has 2 amide bonds. The van der Waals surface area contributed by atoms with Crippen LogP contribution < -0.4 is 11.1 Å². The Kier molecular flexibility index (Phi) is 4.33. The molecule has 0 saturated carbocycles. The van der Waals surface area contributed by atoms with Gasteiger partial charge in [-0.3, -0.25) is 9.59 Å². The topological polar surface area (TPSA) is 72.2 Å². The van der Waals surface area contributed by atoms with Gasteiger partial charge in [0, 0.05) is 9.13 Å². The zero-order chi connectivity index (χ0) is 14.7. The Morgan fingerprint density at radius 1 is 1.15 bits per heavy atom. The number of carbonyl (C=O) groups is 2. The number of primary amides is 1. The standard InChI is InChI=1S/C14H10FIN2O2/c15-10-7-8(5-6-11(10)16)14(20)18-12-4-2-1-3-9(12)13(17)19/h1-7H,(H2,17,19)(H,18,20). The minimum atomic E-state index is -0.644. The summed E-state index contributed by atoms with van der Waals surface area (Å²) < 4.78 is 13.9. The highest BCUT2D eigenvalue weighted by Crippen LogP contribution is 2.17. The van der Waals surface area contributed by atoms with Crippen LogP contribution in [0, 0.1) is 9.39 Å². The maximum absolute atomic E-state index is 13.4. The van der Waals surface area contributed by atoms with Gasteiger partial charge in [0.25, 0.3) is 11.8 Å². The van der Waals surface area contributed by atoms with Crippen molar-refractivity contribution in [3.05, 3.63) is 63.0 Å². The van der Waals surface area contributed by atoms with Gasteiger partial charge in [-0.05, 0) is 52.9 Å². The number of hydrogen-bond acceptors (Lipinski definition) is 2. The first-order valence-electron chi connectivity index (χ1n) is 5.64. The van der Waals surface area contributed by atoms with Gasteiger partial charge >= 0.3 is 0 Å². The third-order valence-electron chi connectivity index (χ3n) is 2.62. The van der Waals surface area contributed by atoms with E-state index in [-0.39, 0.29) is 11.1 Å². The van der Waals surface area contributed by atoms with Gasteiger partial charge in [0.2, 0.25) is 0 Å². The quantitative estimate of drug-likeness (QED) is 0.799. The minimum absolute atomic E-state index is 0.169. The zero-order valence-corrected chi connectivity index (χ0v) is 12.3. The maximum Gasteiger partial charge on any atom is 0.255 e. The molecule has 2 aromatic rings. The molecule has 2 aromatic carbocycles. The fourth-order valence-corrected chi connectivity index (χ4v) is 1.97. The minimum Gasteiger partial charge on any atom is -0.366 e. The van der Waals surface area contributed by atoms with Crippen LogP contribution >= 0.6 is 22.6 Å². The molecular formula is C14H10FIN2O2. The van der Waals surface area contributed by atoms with Crippen LogP contribution in [0.15, 0.2) is 42.5 Å². The largest absolute Gasteiger partial charge is 0.366 e. The molecule has 4 nitrogen and oxygen atoms in total. The Balaban J connectivity index is 2.28. The number of para-hydroxylation sites is 1. The van der Waals surface area contributed by atoms with Gasteiger partial charge in [-0.25, -0.2) is 4.39 Å². The predicted molar refractivity (Wildman–Crippen MR) is 82.0 cm³/mol. The molecule has 0 unspecified atom stereocenters. The fraction of sp³-hybridized carbons (Fsp3) is 0. The van der Waals surface area contributed by atoms with E-state index in [4.69, 9.17) is 5.73 Å². The molecule has 20 heavy (non-hydrogen) atoms. The third kappa shape index (κ3) is 3.13. The average molecular weight is 384 g/mol. The van der Waals surface area contributed by atoms with Crippen molar-refractivity contribution in [1.82, 2.24) is 0 Å². The van der Waals surface area contributed by atoms with Crippen LogP contribution in [0.1, 0.15) is 20.7 Å². The molecule has 0 radical (unpaired) electrons. The van der Waals surface area contributed by atoms with E-state index in [1.54, 1.807) is 18.2 Å². The van der Waals surface area contributed by atoms with E-state index < -0.39 is 17.6 Å². The summed E-state index contributed by atoms with van der Waals surface area (Å²) >= 11 is 1.83. The van der Waals surface area contributed by atoms with Crippen molar-refractivity contribution in [3.8, 4) is 0 Å². The summed E-state index contributed by atoms with van der Waals surface area (Å²) in [5.41, 5.74) is 5.89. The van der Waals surface area contributed by atoms with E-state index in [0.717, 1.165) is 6.07 Å². The molecule has 2 rings (SSSR count). The second-order valence-electron chi connectivity index (χ2n) is 3.99. The van der Waals surface area contributed by atoms with E-state index in [0.29, 0.717) is 9.26 Å². The number of benzene rings is 2. The van der Waals surface area contributed by atoms with Gasteiger partial charge < -0.3 is 11.1 Å². The van der Waals surface area contributed by atoms with Crippen LogP contribution in [0.5, 0.6) is 0 Å². The highest BCUT2D eigenvalue weighted by Gasteiger charge is 2.13. The summed E-state index contributed by atoms with van der Waals surface area (Å²) in [6.07, 6.45) is 0. The summed E-state index contributed by atoms with van der Waals surface area (Å²) in [6.45, 7) is 0. The Hall–Kier alpha value is -1.96. The highest BCUT2D eigenvalue weighted by atomic mass is 127. The van der Waals surface area contributed by atoms with Crippen LogP contribution in [-0.2, 0) is 0 Å². The first-order valence-corrected chi connectivity index (χ1v) is 6.72. The lowest BCUT2D eigenvalue weighted by atomic mass is 10.1. The first kappa shape index (κ1) is 14.4. The number of amides is 2. The number of nitrogens with two attached hydrogens (primary N) is 1. The van der Waals surface area contributed by atoms with Crippen molar-refractivity contribution in [2.45, 2.75) is 0 Å². The lowest BCUT2D eigenvalue weighted by Crippen LogP contribution is -2.18. The summed E-state index contributed by atoms with van der Waals surface area (Å²) in [5.74, 6) is -1.62. The highest BCUT2D eigenvalue weighted by molar-refractivity contribution is 14.1. The Bertz CT molecular complexity index is 689. The van der Waals surface area contributed by atoms with Crippen LogP contribution in [-0.4, -0.2) is 11.8 Å². The molecule has 0 aliphatic carbocycles. The van der Waals surface area contributed by atoms with Crippen molar-refractivity contribution in [3.63, 3.8) is 0 Å². The number of rotatable bonds is 3. The Morgan fingerprint density at radius 3 is 2.50 bits per heavy atom. The van der Waals surface area contributed by atoms with Crippen molar-refractivity contribution in [2.75, 3.05) is 5.32 Å². The first-order chi connectivity index (χ1) is 9.49. The molecule has 0 bridgehead atoms. The van der Waals surface area contributed by atoms with Crippen molar-refractivity contribution >= 4 is 40.1 Å². The molecule has 102 valence electrons. The summed E-state index contributed by atoms with van der Waals surface area (Å²) in [5, 5.41) is 2.55. The number of carbonyl (C=O) groups excluding carboxylic acids is 2. The lowest BCUT2D eigenvalue weighted by molar-refractivity contribution is 0.100. The van der Waals surface area contributed by atoms with Crippen LogP contribution in [0.2, 0.25) is 0 Å². The van der Waals surface area contributed by atoms with Crippen molar-refractivity contribution in [1.29, 1.82) is 0 Å². The van der Waals surface area contributed by atoms with Crippen molar-refractivity contribution in [2.24, 2.45) is 5.73 Å². The molecule has 0 heterocycles. The van der Waals surface area contributed by atoms with E-state index in [1.165, 1.54) is 18.2 Å². The maximum atomic E-state index is 13.4. The predicted octanol–water partition coefficient (Wildman–Crippen LogP) is 2.78. The van der Waals surface area contributed by atoms with E-state index in [1.807, 2.05) is 22.6 Å². The van der Waals surface area contributed by atoms with Crippen LogP contribution in [0.4, 0.5) is 10.1 Å². The number of halogens is 2. The molecular weight excluding hydrogens is 374 g/mol. The Morgan fingerprint density at radius 2 is 1.85 bits per heavy atom. The molecule has 6 heteroatoms. The second-order valence-corrected chi connectivity index (χ2v) is 5.16. The second kappa shape index (κ2) is 6.00. The SMILES string of the molecule is NC(=O)c1ccccc1NC(=O)c1ccc(I)c(F)c1. The van der Waals surface area contributed by atoms with Crippen LogP contribution in [0.3, 0.4) is 0 Å². The Labute approximate surface area is 128 Å². The summed E-state index contributed by atoms with van der Waals surface area (Å²) in [7, 11) is 0. The van der Waals surface area contributed by atoms with Crippen LogP contribution in [0.25, 0.3) is 0 Å². The van der Waals surface area contributed by atoms with E-state index >= 15 is 0 Å². The van der Waals surface area contributed by atoms with Gasteiger partial charge in [-0.1, -0.05) is 12.1 Å². The fourth-order valence-electron chi connectivity index (χ4n) is 1.64. The number of hydrogen-bond donors (Lipinski definition) is 2. The molecule has 0 saturated heterocycles. The summed E-state index contributed by atoms with van der Waals surface area (Å²) in [4.78, 5) is 23.3. The number of nitrogens with one attached hydrogen (secondary N) is 1. The van der Waals surface area contributed by atoms with Gasteiger partial charge in [0.1, 0.15) is 5.82 Å². The van der Waals surface area contributed by atoms with E-state index in [9.17, 15) is 14.0 Å². The smallest absolute Gasteiger partial charge is 0.255 e. The molecule has 0 fully saturated rings. The average Bonchev–Trinajstić information content (AvgIpc) is 2.42. The third-order valence-corrected chi connectivity index (χ3v) is 3.50. The monoisotopic (exact) mass is 384 g/mol. The molecule has 0 atom stereocenters. The lowest BCUT2D eigenvalue weighted by Gasteiger charge is -2.09. The molecule has 0 aromatic heterocycles.